The van der Waals surface area contributed by atoms with Crippen LogP contribution in [0.5, 0.6) is 0 Å². The number of hydrogen-bond acceptors (Lipinski definition) is 7. The summed E-state index contributed by atoms with van der Waals surface area (Å²) < 4.78 is 9.91. The molecule has 4 N–H and O–H groups in total. The maximum atomic E-state index is 13.0. The van der Waals surface area contributed by atoms with E-state index in [1.54, 1.807) is 39.8 Å². The topological polar surface area (TPSA) is 142 Å². The summed E-state index contributed by atoms with van der Waals surface area (Å²) >= 11 is 12.3. The van der Waals surface area contributed by atoms with Gasteiger partial charge in [0.1, 0.15) is 17.8 Å². The van der Waals surface area contributed by atoms with Gasteiger partial charge >= 0.3 is 12.1 Å². The number of halogens is 2. The number of alkyl carbamates (subject to hydrolysis) is 1. The number of carbonyl (C=O) groups excluding carboxylic acids is 4. The van der Waals surface area contributed by atoms with Gasteiger partial charge in [0.05, 0.1) is 34.6 Å². The second-order valence-electron chi connectivity index (χ2n) is 9.78. The summed E-state index contributed by atoms with van der Waals surface area (Å²) in [6.45, 7) is 7.69. The standard InChI is InChI=1S/C25H31Cl2N5O6/c1-13-19(26)20(27)21(29-13)23(35)31-16-7-6-14(22(34)28-11-18(33)37-5)10-17(16)32-9-8-15(12-32)30-24(36)38-25(2,3)4/h6-7,10,15,29H,8-9,11-12H2,1-5H3,(H,28,34)(H,30,36)(H,31,35)/t15-/m0/s1. The van der Waals surface area contributed by atoms with Crippen LogP contribution >= 0.6 is 23.2 Å². The SMILES string of the molecule is COC(=O)CNC(=O)c1ccc(NC(=O)c2[nH]c(C)c(Cl)c2Cl)c(N2CC[C@H](NC(=O)OC(C)(C)C)C2)c1. The monoisotopic (exact) mass is 567 g/mol. The Labute approximate surface area is 230 Å². The summed E-state index contributed by atoms with van der Waals surface area (Å²) in [4.78, 5) is 54.2. The first-order chi connectivity index (χ1) is 17.8. The Bertz CT molecular complexity index is 1240. The number of anilines is 2. The van der Waals surface area contributed by atoms with E-state index in [2.05, 4.69) is 25.7 Å². The van der Waals surface area contributed by atoms with Gasteiger partial charge in [-0.3, -0.25) is 14.4 Å². The van der Waals surface area contributed by atoms with E-state index >= 15 is 0 Å². The van der Waals surface area contributed by atoms with Crippen LogP contribution in [0.25, 0.3) is 0 Å². The first kappa shape index (κ1) is 29.1. The fourth-order valence-corrected chi connectivity index (χ4v) is 4.27. The molecule has 3 rings (SSSR count). The molecule has 1 aliphatic heterocycles. The predicted octanol–water partition coefficient (Wildman–Crippen LogP) is 3.89. The molecule has 1 aromatic carbocycles. The molecule has 3 amide bonds. The maximum absolute atomic E-state index is 13.0. The third-order valence-electron chi connectivity index (χ3n) is 5.66. The van der Waals surface area contributed by atoms with Crippen molar-refractivity contribution >= 4 is 58.5 Å². The predicted molar refractivity (Wildman–Crippen MR) is 144 cm³/mol. The molecule has 1 fully saturated rings. The van der Waals surface area contributed by atoms with E-state index in [0.29, 0.717) is 36.6 Å². The fraction of sp³-hybridized carbons (Fsp3) is 0.440. The smallest absolute Gasteiger partial charge is 0.407 e. The fourth-order valence-electron chi connectivity index (χ4n) is 3.85. The molecule has 0 bridgehead atoms. The number of nitrogens with one attached hydrogen (secondary N) is 4. The van der Waals surface area contributed by atoms with Crippen LogP contribution < -0.4 is 20.9 Å². The van der Waals surface area contributed by atoms with E-state index in [0.717, 1.165) is 0 Å². The molecule has 13 heteroatoms. The molecule has 0 spiro atoms. The lowest BCUT2D eigenvalue weighted by Gasteiger charge is -2.24. The largest absolute Gasteiger partial charge is 0.468 e. The van der Waals surface area contributed by atoms with E-state index in [4.69, 9.17) is 27.9 Å². The average Bonchev–Trinajstić information content (AvgIpc) is 3.40. The number of aromatic amines is 1. The molecule has 38 heavy (non-hydrogen) atoms. The number of rotatable bonds is 7. The van der Waals surface area contributed by atoms with Crippen molar-refractivity contribution in [2.75, 3.05) is 37.0 Å². The van der Waals surface area contributed by atoms with Crippen LogP contribution in [0.15, 0.2) is 18.2 Å². The summed E-state index contributed by atoms with van der Waals surface area (Å²) in [5.74, 6) is -1.60. The van der Waals surface area contributed by atoms with Gasteiger partial charge in [-0.05, 0) is 52.3 Å². The molecule has 1 aliphatic rings. The molecule has 1 aromatic heterocycles. The number of nitrogens with zero attached hydrogens (tertiary/aromatic N) is 1. The Morgan fingerprint density at radius 3 is 2.45 bits per heavy atom. The Kier molecular flexibility index (Phi) is 9.16. The van der Waals surface area contributed by atoms with Crippen molar-refractivity contribution in [3.05, 3.63) is 45.2 Å². The van der Waals surface area contributed by atoms with E-state index in [1.807, 2.05) is 4.90 Å². The molecule has 0 aliphatic carbocycles. The lowest BCUT2D eigenvalue weighted by molar-refractivity contribution is -0.139. The number of carbonyl (C=O) groups is 4. The summed E-state index contributed by atoms with van der Waals surface area (Å²) in [6, 6.07) is 4.49. The zero-order chi connectivity index (χ0) is 28.2. The van der Waals surface area contributed by atoms with Crippen LogP contribution in [0, 0.1) is 6.92 Å². The van der Waals surface area contributed by atoms with Gasteiger partial charge in [-0.25, -0.2) is 4.79 Å². The average molecular weight is 568 g/mol. The molecule has 11 nitrogen and oxygen atoms in total. The number of aromatic nitrogens is 1. The van der Waals surface area contributed by atoms with Crippen molar-refractivity contribution in [3.63, 3.8) is 0 Å². The Hall–Kier alpha value is -3.44. The summed E-state index contributed by atoms with van der Waals surface area (Å²) in [6.07, 6.45) is 0.0882. The van der Waals surface area contributed by atoms with Crippen molar-refractivity contribution in [3.8, 4) is 0 Å². The molecule has 1 atom stereocenters. The van der Waals surface area contributed by atoms with Crippen molar-refractivity contribution in [2.24, 2.45) is 0 Å². The Morgan fingerprint density at radius 2 is 1.84 bits per heavy atom. The van der Waals surface area contributed by atoms with Crippen molar-refractivity contribution in [2.45, 2.75) is 45.8 Å². The number of benzene rings is 1. The van der Waals surface area contributed by atoms with E-state index in [9.17, 15) is 19.2 Å². The quantitative estimate of drug-likeness (QED) is 0.372. The van der Waals surface area contributed by atoms with Crippen molar-refractivity contribution in [1.82, 2.24) is 15.6 Å². The van der Waals surface area contributed by atoms with Crippen LogP contribution in [-0.2, 0) is 14.3 Å². The van der Waals surface area contributed by atoms with Gasteiger partial charge in [-0.1, -0.05) is 23.2 Å². The molecule has 0 unspecified atom stereocenters. The second-order valence-corrected chi connectivity index (χ2v) is 10.5. The van der Waals surface area contributed by atoms with Gasteiger partial charge in [0.15, 0.2) is 0 Å². The normalized spacial score (nSPS) is 15.1. The molecule has 1 saturated heterocycles. The van der Waals surface area contributed by atoms with E-state index < -0.39 is 29.5 Å². The minimum Gasteiger partial charge on any atom is -0.468 e. The highest BCUT2D eigenvalue weighted by Crippen LogP contribution is 2.33. The molecule has 2 heterocycles. The number of esters is 1. The molecule has 0 radical (unpaired) electrons. The number of ether oxygens (including phenoxy) is 2. The van der Waals surface area contributed by atoms with Gasteiger partial charge in [0.25, 0.3) is 11.8 Å². The Balaban J connectivity index is 1.85. The number of H-pyrrole nitrogens is 1. The third kappa shape index (κ3) is 7.32. The molecular weight excluding hydrogens is 537 g/mol. The minimum atomic E-state index is -0.633. The highest BCUT2D eigenvalue weighted by atomic mass is 35.5. The minimum absolute atomic E-state index is 0.102. The first-order valence-corrected chi connectivity index (χ1v) is 12.6. The number of hydrogen-bond donors (Lipinski definition) is 4. The lowest BCUT2D eigenvalue weighted by Crippen LogP contribution is -2.40. The number of amides is 3. The van der Waals surface area contributed by atoms with Crippen molar-refractivity contribution in [1.29, 1.82) is 0 Å². The highest BCUT2D eigenvalue weighted by molar-refractivity contribution is 6.44. The lowest BCUT2D eigenvalue weighted by atomic mass is 10.1. The molecule has 0 saturated carbocycles. The van der Waals surface area contributed by atoms with Gasteiger partial charge in [-0.2, -0.15) is 0 Å². The second kappa shape index (κ2) is 12.0. The van der Waals surface area contributed by atoms with Gasteiger partial charge in [-0.15, -0.1) is 0 Å². The van der Waals surface area contributed by atoms with E-state index in [-0.39, 0.29) is 33.9 Å². The van der Waals surface area contributed by atoms with Crippen molar-refractivity contribution < 1.29 is 28.7 Å². The summed E-state index contributed by atoms with van der Waals surface area (Å²) in [5, 5.41) is 8.53. The summed E-state index contributed by atoms with van der Waals surface area (Å²) in [7, 11) is 1.23. The Morgan fingerprint density at radius 1 is 1.13 bits per heavy atom. The summed E-state index contributed by atoms with van der Waals surface area (Å²) in [5.41, 5.74) is 1.25. The number of methoxy groups -OCH3 is 1. The first-order valence-electron chi connectivity index (χ1n) is 11.9. The van der Waals surface area contributed by atoms with Crippen LogP contribution in [-0.4, -0.2) is 67.2 Å². The van der Waals surface area contributed by atoms with Crippen LogP contribution in [0.2, 0.25) is 10.0 Å². The molecule has 2 aromatic rings. The third-order valence-corrected chi connectivity index (χ3v) is 6.61. The molecular formula is C25H31Cl2N5O6. The number of aryl methyl sites for hydroxylation is 1. The zero-order valence-corrected chi connectivity index (χ0v) is 23.3. The molecule has 206 valence electrons. The van der Waals surface area contributed by atoms with Gasteiger partial charge in [0.2, 0.25) is 0 Å². The van der Waals surface area contributed by atoms with Gasteiger partial charge < -0.3 is 35.3 Å². The van der Waals surface area contributed by atoms with Crippen LogP contribution in [0.4, 0.5) is 16.2 Å². The van der Waals surface area contributed by atoms with Gasteiger partial charge in [0, 0.05) is 24.3 Å². The highest BCUT2D eigenvalue weighted by Gasteiger charge is 2.29. The zero-order valence-electron chi connectivity index (χ0n) is 21.8. The van der Waals surface area contributed by atoms with E-state index in [1.165, 1.54) is 13.2 Å². The maximum Gasteiger partial charge on any atom is 0.407 e. The van der Waals surface area contributed by atoms with Crippen LogP contribution in [0.3, 0.4) is 0 Å². The van der Waals surface area contributed by atoms with Crippen LogP contribution in [0.1, 0.15) is 53.7 Å².